The first-order chi connectivity index (χ1) is 12.1. The van der Waals surface area contributed by atoms with Crippen LogP contribution < -0.4 is 10.2 Å². The van der Waals surface area contributed by atoms with E-state index in [2.05, 4.69) is 36.4 Å². The number of rotatable bonds is 6. The van der Waals surface area contributed by atoms with E-state index in [-0.39, 0.29) is 12.1 Å². The van der Waals surface area contributed by atoms with Crippen LogP contribution in [0, 0.1) is 13.8 Å². The first kappa shape index (κ1) is 16.8. The van der Waals surface area contributed by atoms with Gasteiger partial charge in [0.15, 0.2) is 0 Å². The molecule has 0 saturated heterocycles. The molecule has 3 rings (SSSR count). The summed E-state index contributed by atoms with van der Waals surface area (Å²) in [7, 11) is 1.49. The van der Waals surface area contributed by atoms with Crippen LogP contribution in [0.25, 0.3) is 5.78 Å². The quantitative estimate of drug-likeness (QED) is 0.422. The van der Waals surface area contributed by atoms with Crippen LogP contribution >= 0.6 is 0 Å². The van der Waals surface area contributed by atoms with E-state index in [9.17, 15) is 0 Å². The van der Waals surface area contributed by atoms with E-state index in [4.69, 9.17) is 4.74 Å². The summed E-state index contributed by atoms with van der Waals surface area (Å²) in [6, 6.07) is 7.98. The zero-order valence-electron chi connectivity index (χ0n) is 14.6. The minimum Gasteiger partial charge on any atom is -0.484 e. The Morgan fingerprint density at radius 3 is 2.72 bits per heavy atom. The number of fused-ring (bicyclic) bond motifs is 1. The van der Waals surface area contributed by atoms with Gasteiger partial charge in [0.05, 0.1) is 12.8 Å². The number of nitrogens with one attached hydrogen (secondary N) is 1. The molecule has 2 aromatic heterocycles. The highest BCUT2D eigenvalue weighted by Gasteiger charge is 2.15. The van der Waals surface area contributed by atoms with Crippen molar-refractivity contribution in [1.82, 2.24) is 25.1 Å². The van der Waals surface area contributed by atoms with E-state index >= 15 is 0 Å². The van der Waals surface area contributed by atoms with Crippen LogP contribution in [0.3, 0.4) is 0 Å². The van der Waals surface area contributed by atoms with Crippen molar-refractivity contribution in [1.29, 1.82) is 0 Å². The van der Waals surface area contributed by atoms with E-state index < -0.39 is 0 Å². The highest BCUT2D eigenvalue weighted by atomic mass is 16.6. The van der Waals surface area contributed by atoms with Crippen LogP contribution in [0.2, 0.25) is 0 Å². The van der Waals surface area contributed by atoms with Gasteiger partial charge in [-0.2, -0.15) is 14.5 Å². The molecule has 1 aromatic carbocycles. The molecule has 0 saturated carbocycles. The molecular formula is C17H20N6O2. The third-order valence-corrected chi connectivity index (χ3v) is 3.53. The molecule has 2 heterocycles. The predicted octanol–water partition coefficient (Wildman–Crippen LogP) is 2.69. The molecule has 0 aliphatic rings. The summed E-state index contributed by atoms with van der Waals surface area (Å²) in [5.41, 5.74) is 5.64. The molecule has 8 heteroatoms. The highest BCUT2D eigenvalue weighted by Crippen LogP contribution is 2.24. The fourth-order valence-electron chi connectivity index (χ4n) is 2.57. The van der Waals surface area contributed by atoms with Gasteiger partial charge in [-0.25, -0.2) is 4.98 Å². The predicted molar refractivity (Wildman–Crippen MR) is 94.0 cm³/mol. The Bertz CT molecular complexity index is 885. The molecule has 0 spiro atoms. The lowest BCUT2D eigenvalue weighted by molar-refractivity contribution is 0.148. The molecule has 130 valence electrons. The van der Waals surface area contributed by atoms with Gasteiger partial charge in [0.1, 0.15) is 18.2 Å². The third-order valence-electron chi connectivity index (χ3n) is 3.53. The molecule has 1 N–H and O–H groups in total. The van der Waals surface area contributed by atoms with Crippen molar-refractivity contribution in [3.8, 4) is 5.75 Å². The van der Waals surface area contributed by atoms with Crippen LogP contribution in [0.1, 0.15) is 29.8 Å². The Hall–Kier alpha value is -3.00. The Morgan fingerprint density at radius 1 is 1.24 bits per heavy atom. The standard InChI is InChI=1S/C17H20N6O2/c1-11-7-12(2)9-14(8-11)25-13(3)15-5-6-18-17-21-16(22-23(15)17)19-10-20-24-4/h5-10,13H,1-4H3,(H,19,20,22)/t13-/m1/s1. The van der Waals surface area contributed by atoms with Crippen molar-refractivity contribution in [3.05, 3.63) is 47.3 Å². The molecule has 0 bridgehead atoms. The Morgan fingerprint density at radius 2 is 2.00 bits per heavy atom. The third kappa shape index (κ3) is 3.92. The second kappa shape index (κ2) is 7.27. The fourth-order valence-corrected chi connectivity index (χ4v) is 2.57. The average Bonchev–Trinajstić information content (AvgIpc) is 2.96. The molecule has 8 nitrogen and oxygen atoms in total. The van der Waals surface area contributed by atoms with Crippen LogP contribution in [-0.2, 0) is 4.84 Å². The maximum atomic E-state index is 6.09. The number of aliphatic imine (C=N–C) groups is 1. The van der Waals surface area contributed by atoms with Gasteiger partial charge in [0.25, 0.3) is 11.7 Å². The van der Waals surface area contributed by atoms with Crippen molar-refractivity contribution in [2.75, 3.05) is 7.11 Å². The van der Waals surface area contributed by atoms with E-state index in [1.165, 1.54) is 13.4 Å². The fraction of sp³-hybridized carbons (Fsp3) is 0.294. The molecule has 1 atom stereocenters. The molecule has 0 unspecified atom stereocenters. The Labute approximate surface area is 145 Å². The topological polar surface area (TPSA) is 85.9 Å². The zero-order chi connectivity index (χ0) is 17.8. The molecule has 3 aromatic rings. The van der Waals surface area contributed by atoms with E-state index in [0.717, 1.165) is 22.6 Å². The van der Waals surface area contributed by atoms with Gasteiger partial charge >= 0.3 is 0 Å². The number of hydrogen-bond donors (Lipinski definition) is 1. The first-order valence-corrected chi connectivity index (χ1v) is 7.84. The summed E-state index contributed by atoms with van der Waals surface area (Å²) < 4.78 is 7.72. The maximum absolute atomic E-state index is 6.09. The smallest absolute Gasteiger partial charge is 0.272 e. The van der Waals surface area contributed by atoms with Crippen LogP contribution in [-0.4, -0.2) is 33.0 Å². The molecule has 0 amide bonds. The number of nitrogens with zero attached hydrogens (tertiary/aromatic N) is 5. The maximum Gasteiger partial charge on any atom is 0.272 e. The van der Waals surface area contributed by atoms with Gasteiger partial charge in [-0.05, 0) is 50.1 Å². The molecule has 0 aliphatic carbocycles. The summed E-state index contributed by atoms with van der Waals surface area (Å²) in [6.07, 6.45) is 2.81. The van der Waals surface area contributed by atoms with Crippen molar-refractivity contribution < 1.29 is 9.57 Å². The van der Waals surface area contributed by atoms with E-state index in [1.54, 1.807) is 10.7 Å². The number of aryl methyl sites for hydroxylation is 2. The lowest BCUT2D eigenvalue weighted by atomic mass is 10.1. The number of hydroxylamine groups is 1. The van der Waals surface area contributed by atoms with Gasteiger partial charge in [-0.1, -0.05) is 6.07 Å². The van der Waals surface area contributed by atoms with Crippen molar-refractivity contribution in [2.24, 2.45) is 4.99 Å². The van der Waals surface area contributed by atoms with Gasteiger partial charge in [0.2, 0.25) is 0 Å². The minimum absolute atomic E-state index is 0.234. The summed E-state index contributed by atoms with van der Waals surface area (Å²) in [5.74, 6) is 1.55. The van der Waals surface area contributed by atoms with Gasteiger partial charge in [-0.3, -0.25) is 10.3 Å². The molecular weight excluding hydrogens is 320 g/mol. The molecule has 25 heavy (non-hydrogen) atoms. The van der Waals surface area contributed by atoms with E-state index in [0.29, 0.717) is 5.78 Å². The highest BCUT2D eigenvalue weighted by molar-refractivity contribution is 5.57. The summed E-state index contributed by atoms with van der Waals surface area (Å²) >= 11 is 0. The molecule has 0 fully saturated rings. The lowest BCUT2D eigenvalue weighted by Gasteiger charge is -2.16. The number of hydrogen-bond acceptors (Lipinski definition) is 6. The second-order valence-electron chi connectivity index (χ2n) is 5.66. The zero-order valence-corrected chi connectivity index (χ0v) is 14.6. The SMILES string of the molecule is CONC=Nc1nc2nccc([C@@H](C)Oc3cc(C)cc(C)c3)n2n1. The summed E-state index contributed by atoms with van der Waals surface area (Å²) in [4.78, 5) is 17.2. The number of benzene rings is 1. The monoisotopic (exact) mass is 340 g/mol. The van der Waals surface area contributed by atoms with Crippen LogP contribution in [0.4, 0.5) is 5.95 Å². The number of ether oxygens (including phenoxy) is 1. The minimum atomic E-state index is -0.234. The van der Waals surface area contributed by atoms with Crippen molar-refractivity contribution >= 4 is 18.1 Å². The molecule has 0 radical (unpaired) electrons. The summed E-state index contributed by atoms with van der Waals surface area (Å²) in [5, 5.41) is 4.35. The lowest BCUT2D eigenvalue weighted by Crippen LogP contribution is -2.10. The van der Waals surface area contributed by atoms with Gasteiger partial charge < -0.3 is 4.74 Å². The Kier molecular flexibility index (Phi) is 4.90. The van der Waals surface area contributed by atoms with Crippen molar-refractivity contribution in [3.63, 3.8) is 0 Å². The second-order valence-corrected chi connectivity index (χ2v) is 5.66. The average molecular weight is 340 g/mol. The van der Waals surface area contributed by atoms with Crippen molar-refractivity contribution in [2.45, 2.75) is 26.9 Å². The van der Waals surface area contributed by atoms with Crippen LogP contribution in [0.15, 0.2) is 35.5 Å². The van der Waals surface area contributed by atoms with E-state index in [1.807, 2.05) is 39.0 Å². The van der Waals surface area contributed by atoms with Gasteiger partial charge in [-0.15, -0.1) is 5.10 Å². The largest absolute Gasteiger partial charge is 0.484 e. The summed E-state index contributed by atoms with van der Waals surface area (Å²) in [6.45, 7) is 6.05. The molecule has 0 aliphatic heterocycles. The van der Waals surface area contributed by atoms with Crippen LogP contribution in [0.5, 0.6) is 5.75 Å². The number of aromatic nitrogens is 4. The first-order valence-electron chi connectivity index (χ1n) is 7.84. The van der Waals surface area contributed by atoms with Gasteiger partial charge in [0, 0.05) is 6.20 Å². The normalized spacial score (nSPS) is 12.6. The Balaban J connectivity index is 1.89.